The Balaban J connectivity index is 1.39. The van der Waals surface area contributed by atoms with Gasteiger partial charge in [-0.1, -0.05) is 17.3 Å². The maximum Gasteiger partial charge on any atom is 0.291 e. The smallest absolute Gasteiger partial charge is 0.291 e. The monoisotopic (exact) mass is 375 g/mol. The molecule has 7 nitrogen and oxygen atoms in total. The van der Waals surface area contributed by atoms with Crippen LogP contribution in [-0.4, -0.2) is 16.0 Å². The van der Waals surface area contributed by atoms with Gasteiger partial charge < -0.3 is 19.0 Å². The van der Waals surface area contributed by atoms with Crippen molar-refractivity contribution in [1.82, 2.24) is 10.1 Å². The largest absolute Gasteiger partial charge is 0.484 e. The van der Waals surface area contributed by atoms with Gasteiger partial charge in [0.1, 0.15) is 5.75 Å². The van der Waals surface area contributed by atoms with Gasteiger partial charge in [0.25, 0.3) is 11.8 Å². The van der Waals surface area contributed by atoms with E-state index in [0.29, 0.717) is 17.4 Å². The van der Waals surface area contributed by atoms with E-state index < -0.39 is 0 Å². The SMILES string of the molecule is Cc1cccc(OCc2nc(-c3ccc(NC(=O)c4ccco4)cc3)no2)c1. The molecule has 0 atom stereocenters. The number of carbonyl (C=O) groups excluding carboxylic acids is 1. The molecule has 0 saturated heterocycles. The first-order valence-electron chi connectivity index (χ1n) is 8.65. The van der Waals surface area contributed by atoms with E-state index in [1.54, 1.807) is 36.4 Å². The normalized spacial score (nSPS) is 10.6. The van der Waals surface area contributed by atoms with Crippen molar-refractivity contribution in [3.8, 4) is 17.1 Å². The minimum absolute atomic E-state index is 0.188. The molecule has 0 saturated carbocycles. The van der Waals surface area contributed by atoms with Crippen LogP contribution in [0.3, 0.4) is 0 Å². The summed E-state index contributed by atoms with van der Waals surface area (Å²) in [7, 11) is 0. The number of anilines is 1. The Morgan fingerprint density at radius 3 is 2.71 bits per heavy atom. The lowest BCUT2D eigenvalue weighted by Crippen LogP contribution is -2.10. The van der Waals surface area contributed by atoms with Gasteiger partial charge in [0, 0.05) is 11.3 Å². The summed E-state index contributed by atoms with van der Waals surface area (Å²) in [5.74, 6) is 1.52. The van der Waals surface area contributed by atoms with Crippen LogP contribution < -0.4 is 10.1 Å². The van der Waals surface area contributed by atoms with Gasteiger partial charge in [-0.2, -0.15) is 4.98 Å². The van der Waals surface area contributed by atoms with Crippen molar-refractivity contribution in [1.29, 1.82) is 0 Å². The average molecular weight is 375 g/mol. The highest BCUT2D eigenvalue weighted by molar-refractivity contribution is 6.02. The number of aromatic nitrogens is 2. The van der Waals surface area contributed by atoms with Crippen molar-refractivity contribution in [3.63, 3.8) is 0 Å². The highest BCUT2D eigenvalue weighted by Gasteiger charge is 2.11. The van der Waals surface area contributed by atoms with Crippen LogP contribution in [-0.2, 0) is 6.61 Å². The number of rotatable bonds is 6. The lowest BCUT2D eigenvalue weighted by atomic mass is 10.2. The van der Waals surface area contributed by atoms with E-state index in [1.165, 1.54) is 6.26 Å². The predicted molar refractivity (Wildman–Crippen MR) is 102 cm³/mol. The quantitative estimate of drug-likeness (QED) is 0.535. The molecule has 0 unspecified atom stereocenters. The Bertz CT molecular complexity index is 1070. The van der Waals surface area contributed by atoms with Gasteiger partial charge in [-0.3, -0.25) is 4.79 Å². The summed E-state index contributed by atoms with van der Waals surface area (Å²) in [6.07, 6.45) is 1.45. The molecule has 140 valence electrons. The van der Waals surface area contributed by atoms with Gasteiger partial charge in [-0.25, -0.2) is 0 Å². The maximum atomic E-state index is 12.0. The fraction of sp³-hybridized carbons (Fsp3) is 0.0952. The third-order valence-corrected chi connectivity index (χ3v) is 3.97. The number of nitrogens with zero attached hydrogens (tertiary/aromatic N) is 2. The van der Waals surface area contributed by atoms with Crippen LogP contribution in [0.25, 0.3) is 11.4 Å². The molecule has 0 radical (unpaired) electrons. The molecule has 0 aliphatic rings. The van der Waals surface area contributed by atoms with Gasteiger partial charge in [0.2, 0.25) is 5.82 Å². The Morgan fingerprint density at radius 1 is 1.11 bits per heavy atom. The molecule has 4 aromatic rings. The minimum Gasteiger partial charge on any atom is -0.484 e. The van der Waals surface area contributed by atoms with Crippen molar-refractivity contribution in [2.45, 2.75) is 13.5 Å². The van der Waals surface area contributed by atoms with Crippen LogP contribution in [0.1, 0.15) is 22.0 Å². The van der Waals surface area contributed by atoms with Crippen LogP contribution in [0.5, 0.6) is 5.75 Å². The third kappa shape index (κ3) is 4.09. The summed E-state index contributed by atoms with van der Waals surface area (Å²) in [6, 6.07) is 18.1. The molecule has 0 spiro atoms. The molecular weight excluding hydrogens is 358 g/mol. The molecule has 2 aromatic carbocycles. The molecule has 4 rings (SSSR count). The minimum atomic E-state index is -0.312. The Morgan fingerprint density at radius 2 is 1.96 bits per heavy atom. The van der Waals surface area contributed by atoms with Gasteiger partial charge >= 0.3 is 0 Å². The number of aryl methyl sites for hydroxylation is 1. The predicted octanol–water partition coefficient (Wildman–Crippen LogP) is 4.47. The first-order chi connectivity index (χ1) is 13.7. The maximum absolute atomic E-state index is 12.0. The zero-order valence-electron chi connectivity index (χ0n) is 15.1. The summed E-state index contributed by atoms with van der Waals surface area (Å²) in [4.78, 5) is 16.3. The summed E-state index contributed by atoms with van der Waals surface area (Å²) < 4.78 is 16.0. The molecule has 1 amide bonds. The van der Waals surface area contributed by atoms with Crippen molar-refractivity contribution in [2.75, 3.05) is 5.32 Å². The second-order valence-corrected chi connectivity index (χ2v) is 6.13. The van der Waals surface area contributed by atoms with E-state index in [4.69, 9.17) is 13.7 Å². The number of amides is 1. The molecular formula is C21H17N3O4. The Hall–Kier alpha value is -3.87. The average Bonchev–Trinajstić information content (AvgIpc) is 3.39. The van der Waals surface area contributed by atoms with Crippen molar-refractivity contribution in [3.05, 3.63) is 84.1 Å². The molecule has 7 heteroatoms. The number of hydrogen-bond donors (Lipinski definition) is 1. The molecule has 0 fully saturated rings. The zero-order valence-corrected chi connectivity index (χ0v) is 15.1. The van der Waals surface area contributed by atoms with Crippen molar-refractivity contribution in [2.24, 2.45) is 0 Å². The van der Waals surface area contributed by atoms with Crippen LogP contribution >= 0.6 is 0 Å². The zero-order chi connectivity index (χ0) is 19.3. The summed E-state index contributed by atoms with van der Waals surface area (Å²) >= 11 is 0. The molecule has 0 bridgehead atoms. The highest BCUT2D eigenvalue weighted by atomic mass is 16.5. The molecule has 2 heterocycles. The van der Waals surface area contributed by atoms with Crippen LogP contribution in [0.2, 0.25) is 0 Å². The van der Waals surface area contributed by atoms with E-state index in [-0.39, 0.29) is 18.3 Å². The second kappa shape index (κ2) is 7.79. The molecule has 1 N–H and O–H groups in total. The first kappa shape index (κ1) is 17.5. The van der Waals surface area contributed by atoms with E-state index in [1.807, 2.05) is 31.2 Å². The Labute approximate surface area is 161 Å². The van der Waals surface area contributed by atoms with E-state index in [9.17, 15) is 4.79 Å². The number of hydrogen-bond acceptors (Lipinski definition) is 6. The van der Waals surface area contributed by atoms with Crippen LogP contribution in [0.4, 0.5) is 5.69 Å². The van der Waals surface area contributed by atoms with Crippen LogP contribution in [0, 0.1) is 6.92 Å². The fourth-order valence-corrected chi connectivity index (χ4v) is 2.58. The standard InChI is InChI=1S/C21H17N3O4/c1-14-4-2-5-17(12-14)27-13-19-23-20(24-28-19)15-7-9-16(10-8-15)22-21(25)18-6-3-11-26-18/h2-12H,13H2,1H3,(H,22,25). The van der Waals surface area contributed by atoms with Crippen molar-refractivity contribution >= 4 is 11.6 Å². The van der Waals surface area contributed by atoms with E-state index in [0.717, 1.165) is 16.9 Å². The highest BCUT2D eigenvalue weighted by Crippen LogP contribution is 2.20. The van der Waals surface area contributed by atoms with Crippen molar-refractivity contribution < 1.29 is 18.5 Å². The summed E-state index contributed by atoms with van der Waals surface area (Å²) in [6.45, 7) is 2.19. The lowest BCUT2D eigenvalue weighted by Gasteiger charge is -2.03. The molecule has 0 aliphatic carbocycles. The third-order valence-electron chi connectivity index (χ3n) is 3.97. The topological polar surface area (TPSA) is 90.4 Å². The van der Waals surface area contributed by atoms with Gasteiger partial charge in [0.05, 0.1) is 6.26 Å². The lowest BCUT2D eigenvalue weighted by molar-refractivity contribution is 0.0996. The fourth-order valence-electron chi connectivity index (χ4n) is 2.58. The van der Waals surface area contributed by atoms with Gasteiger partial charge in [-0.05, 0) is 61.0 Å². The first-order valence-corrected chi connectivity index (χ1v) is 8.65. The molecule has 2 aromatic heterocycles. The van der Waals surface area contributed by atoms with E-state index in [2.05, 4.69) is 15.5 Å². The van der Waals surface area contributed by atoms with Crippen LogP contribution in [0.15, 0.2) is 75.9 Å². The number of benzene rings is 2. The van der Waals surface area contributed by atoms with Gasteiger partial charge in [0.15, 0.2) is 12.4 Å². The molecule has 28 heavy (non-hydrogen) atoms. The van der Waals surface area contributed by atoms with E-state index >= 15 is 0 Å². The molecule has 0 aliphatic heterocycles. The summed E-state index contributed by atoms with van der Waals surface area (Å²) in [5, 5.41) is 6.73. The number of ether oxygens (including phenoxy) is 1. The number of furan rings is 1. The number of carbonyl (C=O) groups is 1. The summed E-state index contributed by atoms with van der Waals surface area (Å²) in [5.41, 5.74) is 2.51. The van der Waals surface area contributed by atoms with Gasteiger partial charge in [-0.15, -0.1) is 0 Å². The Kier molecular flexibility index (Phi) is 4.88. The second-order valence-electron chi connectivity index (χ2n) is 6.13. The number of nitrogens with one attached hydrogen (secondary N) is 1.